The van der Waals surface area contributed by atoms with Crippen molar-refractivity contribution in [2.75, 3.05) is 0 Å². The zero-order valence-electron chi connectivity index (χ0n) is 34.7. The Labute approximate surface area is 371 Å². The van der Waals surface area contributed by atoms with Crippen LogP contribution in [0.2, 0.25) is 0 Å². The summed E-state index contributed by atoms with van der Waals surface area (Å²) in [6, 6.07) is 81.4. The number of aromatic nitrogens is 2. The van der Waals surface area contributed by atoms with E-state index in [4.69, 9.17) is 9.97 Å². The van der Waals surface area contributed by atoms with Crippen molar-refractivity contribution in [2.24, 2.45) is 0 Å². The monoisotopic (exact) mass is 820 g/mol. The van der Waals surface area contributed by atoms with Gasteiger partial charge in [0.05, 0.1) is 11.4 Å². The van der Waals surface area contributed by atoms with Gasteiger partial charge in [0.2, 0.25) is 0 Å². The van der Waals surface area contributed by atoms with Crippen molar-refractivity contribution in [1.82, 2.24) is 9.97 Å². The van der Waals surface area contributed by atoms with E-state index in [0.29, 0.717) is 5.82 Å². The van der Waals surface area contributed by atoms with Crippen LogP contribution in [0.5, 0.6) is 0 Å². The Bertz CT molecular complexity index is 3460. The van der Waals surface area contributed by atoms with Crippen LogP contribution in [0.1, 0.15) is 23.6 Å². The van der Waals surface area contributed by atoms with Gasteiger partial charge in [-0.05, 0) is 123 Å². The molecule has 11 aromatic rings. The first-order chi connectivity index (χ1) is 31.1. The Hall–Kier alpha value is -7.72. The molecule has 9 aromatic carbocycles. The van der Waals surface area contributed by atoms with E-state index >= 15 is 0 Å². The van der Waals surface area contributed by atoms with Crippen LogP contribution >= 0.6 is 11.3 Å². The molecule has 1 aliphatic rings. The van der Waals surface area contributed by atoms with E-state index in [9.17, 15) is 0 Å². The van der Waals surface area contributed by atoms with Crippen LogP contribution in [0.4, 0.5) is 0 Å². The topological polar surface area (TPSA) is 25.8 Å². The molecule has 0 saturated carbocycles. The molecular weight excluding hydrogens is 781 g/mol. The highest BCUT2D eigenvalue weighted by molar-refractivity contribution is 7.25. The van der Waals surface area contributed by atoms with Gasteiger partial charge >= 0.3 is 0 Å². The van der Waals surface area contributed by atoms with Crippen LogP contribution < -0.4 is 0 Å². The molecule has 2 heterocycles. The first-order valence-corrected chi connectivity index (χ1v) is 22.4. The molecule has 1 aliphatic carbocycles. The van der Waals surface area contributed by atoms with E-state index in [-0.39, 0.29) is 5.41 Å². The Morgan fingerprint density at radius 3 is 1.63 bits per heavy atom. The molecule has 0 bridgehead atoms. The molecule has 0 amide bonds. The first-order valence-electron chi connectivity index (χ1n) is 21.5. The van der Waals surface area contributed by atoms with Crippen LogP contribution in [0, 0.1) is 0 Å². The summed E-state index contributed by atoms with van der Waals surface area (Å²) in [5, 5.41) is 2.57. The van der Waals surface area contributed by atoms with Crippen molar-refractivity contribution < 1.29 is 0 Å². The Morgan fingerprint density at radius 1 is 0.333 bits per heavy atom. The highest BCUT2D eigenvalue weighted by Gasteiger charge is 2.40. The van der Waals surface area contributed by atoms with E-state index in [0.717, 1.165) is 44.8 Å². The second-order valence-corrected chi connectivity index (χ2v) is 17.8. The molecule has 0 spiro atoms. The Kier molecular flexibility index (Phi) is 8.84. The van der Waals surface area contributed by atoms with Crippen molar-refractivity contribution in [1.29, 1.82) is 0 Å². The Balaban J connectivity index is 1.03. The molecule has 296 valence electrons. The fourth-order valence-electron chi connectivity index (χ4n) is 9.71. The Morgan fingerprint density at radius 2 is 0.857 bits per heavy atom. The SMILES string of the molecule is CC1(c2ccccc2)c2ccccc2-c2ccc(-c3cccc(-c4cc(-c5ccc6sc7ccccc7c6c5)cc(-c5cc(-c6ccccc6)nc(-c6ccccc6)n5)c4)c3)cc21. The van der Waals surface area contributed by atoms with Gasteiger partial charge in [0, 0.05) is 42.3 Å². The third-order valence-corrected chi connectivity index (χ3v) is 14.1. The molecule has 0 N–H and O–H groups in total. The van der Waals surface area contributed by atoms with Gasteiger partial charge in [-0.2, -0.15) is 0 Å². The van der Waals surface area contributed by atoms with E-state index in [1.807, 2.05) is 35.6 Å². The zero-order chi connectivity index (χ0) is 41.9. The summed E-state index contributed by atoms with van der Waals surface area (Å²) in [5.41, 5.74) is 18.1. The minimum atomic E-state index is -0.270. The van der Waals surface area contributed by atoms with E-state index in [1.165, 1.54) is 64.7 Å². The normalized spacial score (nSPS) is 14.2. The summed E-state index contributed by atoms with van der Waals surface area (Å²) >= 11 is 1.85. The molecule has 0 saturated heterocycles. The summed E-state index contributed by atoms with van der Waals surface area (Å²) in [7, 11) is 0. The van der Waals surface area contributed by atoms with Gasteiger partial charge in [-0.15, -0.1) is 11.3 Å². The third-order valence-electron chi connectivity index (χ3n) is 13.0. The van der Waals surface area contributed by atoms with Gasteiger partial charge in [0.15, 0.2) is 5.82 Å². The lowest BCUT2D eigenvalue weighted by atomic mass is 9.74. The highest BCUT2D eigenvalue weighted by Crippen LogP contribution is 2.53. The molecular formula is C60H40N2S. The molecule has 0 fully saturated rings. The quantitative estimate of drug-likeness (QED) is 0.160. The van der Waals surface area contributed by atoms with Crippen LogP contribution in [-0.4, -0.2) is 9.97 Å². The minimum absolute atomic E-state index is 0.270. The summed E-state index contributed by atoms with van der Waals surface area (Å²) in [6.45, 7) is 2.38. The number of hydrogen-bond acceptors (Lipinski definition) is 3. The molecule has 2 nitrogen and oxygen atoms in total. The van der Waals surface area contributed by atoms with Crippen LogP contribution in [0.3, 0.4) is 0 Å². The standard InChI is InChI=1S/C60H40N2S/c1-60(48-22-9-4-10-23-48)53-26-13-11-24-49(53)50-30-28-44(37-54(50)60)41-20-15-21-42(32-41)45-33-46(43-29-31-58-52(36-43)51-25-12-14-27-57(51)63-58)35-47(34-45)56-38-55(39-16-5-2-6-17-39)61-59(62-56)40-18-7-3-8-19-40/h2-38H,1H3. The number of benzene rings is 9. The van der Waals surface area contributed by atoms with Gasteiger partial charge in [-0.3, -0.25) is 0 Å². The van der Waals surface area contributed by atoms with Gasteiger partial charge in [0.1, 0.15) is 0 Å². The average molecular weight is 821 g/mol. The number of nitrogens with zero attached hydrogens (tertiary/aromatic N) is 2. The maximum absolute atomic E-state index is 5.30. The number of hydrogen-bond donors (Lipinski definition) is 0. The fraction of sp³-hybridized carbons (Fsp3) is 0.0333. The van der Waals surface area contributed by atoms with Crippen molar-refractivity contribution >= 4 is 31.5 Å². The summed E-state index contributed by atoms with van der Waals surface area (Å²) < 4.78 is 2.60. The van der Waals surface area contributed by atoms with Crippen LogP contribution in [0.15, 0.2) is 224 Å². The van der Waals surface area contributed by atoms with Crippen molar-refractivity contribution in [3.05, 3.63) is 241 Å². The lowest BCUT2D eigenvalue weighted by molar-refractivity contribution is 0.714. The molecule has 0 radical (unpaired) electrons. The van der Waals surface area contributed by atoms with E-state index < -0.39 is 0 Å². The molecule has 0 aliphatic heterocycles. The van der Waals surface area contributed by atoms with Crippen molar-refractivity contribution in [2.45, 2.75) is 12.3 Å². The van der Waals surface area contributed by atoms with Gasteiger partial charge in [-0.25, -0.2) is 9.97 Å². The first kappa shape index (κ1) is 37.1. The molecule has 63 heavy (non-hydrogen) atoms. The number of thiophene rings is 1. The maximum atomic E-state index is 5.30. The lowest BCUT2D eigenvalue weighted by Gasteiger charge is -2.28. The molecule has 12 rings (SSSR count). The summed E-state index contributed by atoms with van der Waals surface area (Å²) in [5.74, 6) is 0.702. The number of rotatable bonds is 7. The van der Waals surface area contributed by atoms with E-state index in [1.54, 1.807) is 0 Å². The smallest absolute Gasteiger partial charge is 0.160 e. The highest BCUT2D eigenvalue weighted by atomic mass is 32.1. The minimum Gasteiger partial charge on any atom is -0.228 e. The summed E-state index contributed by atoms with van der Waals surface area (Å²) in [4.78, 5) is 10.4. The molecule has 3 heteroatoms. The van der Waals surface area contributed by atoms with E-state index in [2.05, 4.69) is 207 Å². The van der Waals surface area contributed by atoms with Gasteiger partial charge in [-0.1, -0.05) is 170 Å². The predicted octanol–water partition coefficient (Wildman–Crippen LogP) is 16.2. The maximum Gasteiger partial charge on any atom is 0.160 e. The average Bonchev–Trinajstić information content (AvgIpc) is 3.87. The van der Waals surface area contributed by atoms with Crippen LogP contribution in [-0.2, 0) is 5.41 Å². The molecule has 1 unspecified atom stereocenters. The molecule has 2 aromatic heterocycles. The summed E-state index contributed by atoms with van der Waals surface area (Å²) in [6.07, 6.45) is 0. The van der Waals surface area contributed by atoms with Crippen molar-refractivity contribution in [3.8, 4) is 78.4 Å². The zero-order valence-corrected chi connectivity index (χ0v) is 35.5. The van der Waals surface area contributed by atoms with Gasteiger partial charge in [0.25, 0.3) is 0 Å². The lowest BCUT2D eigenvalue weighted by Crippen LogP contribution is -2.22. The molecule has 1 atom stereocenters. The number of fused-ring (bicyclic) bond motifs is 6. The second kappa shape index (κ2) is 15.0. The third kappa shape index (κ3) is 6.40. The van der Waals surface area contributed by atoms with Gasteiger partial charge < -0.3 is 0 Å². The van der Waals surface area contributed by atoms with Crippen molar-refractivity contribution in [3.63, 3.8) is 0 Å². The largest absolute Gasteiger partial charge is 0.228 e. The van der Waals surface area contributed by atoms with Crippen LogP contribution in [0.25, 0.3) is 98.6 Å². The predicted molar refractivity (Wildman–Crippen MR) is 265 cm³/mol. The fourth-order valence-corrected chi connectivity index (χ4v) is 10.8. The second-order valence-electron chi connectivity index (χ2n) is 16.7.